The summed E-state index contributed by atoms with van der Waals surface area (Å²) >= 11 is 0. The van der Waals surface area contributed by atoms with Crippen molar-refractivity contribution in [1.82, 2.24) is 25.3 Å². The number of likely N-dealkylation sites (N-methyl/N-ethyl adjacent to an activating group) is 2. The minimum atomic E-state index is -0.768. The Morgan fingerprint density at radius 1 is 0.961 bits per heavy atom. The normalized spacial score (nSPS) is 17.4. The van der Waals surface area contributed by atoms with Crippen molar-refractivity contribution in [3.05, 3.63) is 35.9 Å². The lowest BCUT2D eigenvalue weighted by Crippen LogP contribution is -2.55. The van der Waals surface area contributed by atoms with Crippen molar-refractivity contribution in [2.24, 2.45) is 11.8 Å². The number of methoxy groups -OCH3 is 2. The highest BCUT2D eigenvalue weighted by atomic mass is 16.5. The molecule has 1 aromatic carbocycles. The Morgan fingerprint density at radius 2 is 1.57 bits per heavy atom. The van der Waals surface area contributed by atoms with Crippen molar-refractivity contribution in [1.29, 1.82) is 0 Å². The summed E-state index contributed by atoms with van der Waals surface area (Å²) in [5, 5.41) is 23.8. The van der Waals surface area contributed by atoms with Gasteiger partial charge in [0.2, 0.25) is 23.6 Å². The van der Waals surface area contributed by atoms with Crippen molar-refractivity contribution in [2.45, 2.75) is 104 Å². The van der Waals surface area contributed by atoms with E-state index in [1.807, 2.05) is 32.0 Å². The molecular weight excluding hydrogens is 654 g/mol. The first-order valence-electron chi connectivity index (χ1n) is 18.3. The van der Waals surface area contributed by atoms with Gasteiger partial charge in [-0.2, -0.15) is 0 Å². The monoisotopic (exact) mass is 724 g/mol. The number of aliphatic hydroxyl groups excluding tert-OH is 2. The Labute approximate surface area is 307 Å². The Morgan fingerprint density at radius 3 is 2.02 bits per heavy atom. The molecule has 1 aliphatic rings. The molecule has 51 heavy (non-hydrogen) atoms. The number of rotatable bonds is 18. The molecular formula is C38H69N5O8. The van der Waals surface area contributed by atoms with Crippen LogP contribution in [-0.2, 0) is 28.7 Å². The van der Waals surface area contributed by atoms with E-state index >= 15 is 0 Å². The Balaban J connectivity index is 0.00000215. The number of aryl methyl sites for hydroxylation is 1. The molecule has 1 saturated heterocycles. The highest BCUT2D eigenvalue weighted by molar-refractivity contribution is 5.87. The lowest BCUT2D eigenvalue weighted by atomic mass is 9.90. The zero-order valence-corrected chi connectivity index (χ0v) is 33.2. The molecule has 1 aromatic rings. The lowest BCUT2D eigenvalue weighted by Gasteiger charge is -2.39. The molecule has 1 aliphatic heterocycles. The third-order valence-corrected chi connectivity index (χ3v) is 9.17. The van der Waals surface area contributed by atoms with Crippen LogP contribution in [0.1, 0.15) is 72.3 Å². The molecule has 13 heteroatoms. The summed E-state index contributed by atoms with van der Waals surface area (Å²) in [4.78, 5) is 56.7. The fourth-order valence-electron chi connectivity index (χ4n) is 6.09. The second-order valence-corrected chi connectivity index (χ2v) is 13.4. The molecule has 0 radical (unpaired) electrons. The zero-order chi connectivity index (χ0) is 39.1. The highest BCUT2D eigenvalue weighted by Crippen LogP contribution is 2.29. The number of amides is 4. The fourth-order valence-corrected chi connectivity index (χ4v) is 6.09. The van der Waals surface area contributed by atoms with Crippen LogP contribution in [0.5, 0.6) is 0 Å². The summed E-state index contributed by atoms with van der Waals surface area (Å²) < 4.78 is 11.5. The average molecular weight is 724 g/mol. The minimum absolute atomic E-state index is 0.0132. The first-order valence-corrected chi connectivity index (χ1v) is 18.3. The van der Waals surface area contributed by atoms with Crippen LogP contribution in [0.2, 0.25) is 0 Å². The highest BCUT2D eigenvalue weighted by Gasteiger charge is 2.42. The quantitative estimate of drug-likeness (QED) is 0.178. The van der Waals surface area contributed by atoms with Gasteiger partial charge in [-0.05, 0) is 39.8 Å². The molecule has 0 spiro atoms. The molecule has 294 valence electrons. The lowest BCUT2D eigenvalue weighted by molar-refractivity contribution is -0.145. The Bertz CT molecular complexity index is 1120. The molecule has 4 N–H and O–H groups in total. The Kier molecular flexibility index (Phi) is 25.0. The van der Waals surface area contributed by atoms with Crippen LogP contribution in [0.25, 0.3) is 0 Å². The molecule has 0 aromatic heterocycles. The van der Waals surface area contributed by atoms with E-state index in [2.05, 4.69) is 43.5 Å². The largest absolute Gasteiger partial charge is 0.395 e. The molecule has 1 heterocycles. The first kappa shape index (κ1) is 47.9. The fraction of sp³-hybridized carbons (Fsp3) is 0.737. The van der Waals surface area contributed by atoms with Crippen LogP contribution >= 0.6 is 0 Å². The SMILES string of the molecule is CCC.CCC(C)C(C(CC(=O)N1CCCC1C(OC)C(C)C(=O)NCCO)OC)N(C)C(=O)CNC(=O)C(CO)N(C)C.Cc1ccccc1. The van der Waals surface area contributed by atoms with Gasteiger partial charge in [-0.15, -0.1) is 0 Å². The maximum Gasteiger partial charge on any atom is 0.242 e. The number of nitrogens with one attached hydrogen (secondary N) is 2. The summed E-state index contributed by atoms with van der Waals surface area (Å²) in [5.74, 6) is -1.74. The number of aliphatic hydroxyl groups is 2. The van der Waals surface area contributed by atoms with E-state index in [9.17, 15) is 24.3 Å². The molecule has 0 bridgehead atoms. The second kappa shape index (κ2) is 26.6. The van der Waals surface area contributed by atoms with E-state index < -0.39 is 36.1 Å². The van der Waals surface area contributed by atoms with E-state index in [1.165, 1.54) is 31.1 Å². The molecule has 0 saturated carbocycles. The van der Waals surface area contributed by atoms with Gasteiger partial charge in [-0.1, -0.05) is 83.4 Å². The van der Waals surface area contributed by atoms with Gasteiger partial charge < -0.3 is 40.1 Å². The summed E-state index contributed by atoms with van der Waals surface area (Å²) in [6.07, 6.45) is 2.34. The van der Waals surface area contributed by atoms with E-state index in [0.717, 1.165) is 12.8 Å². The predicted octanol–water partition coefficient (Wildman–Crippen LogP) is 2.47. The van der Waals surface area contributed by atoms with Crippen molar-refractivity contribution in [2.75, 3.05) is 68.2 Å². The second-order valence-electron chi connectivity index (χ2n) is 13.4. The van der Waals surface area contributed by atoms with Crippen LogP contribution in [-0.4, -0.2) is 147 Å². The minimum Gasteiger partial charge on any atom is -0.395 e. The number of carbonyl (C=O) groups is 4. The number of ether oxygens (including phenoxy) is 2. The molecule has 1 fully saturated rings. The topological polar surface area (TPSA) is 161 Å². The number of carbonyl (C=O) groups excluding carboxylic acids is 4. The van der Waals surface area contributed by atoms with E-state index in [-0.39, 0.29) is 62.4 Å². The van der Waals surface area contributed by atoms with Gasteiger partial charge in [-0.25, -0.2) is 0 Å². The van der Waals surface area contributed by atoms with Crippen LogP contribution in [0.4, 0.5) is 0 Å². The van der Waals surface area contributed by atoms with Crippen molar-refractivity contribution in [3.63, 3.8) is 0 Å². The zero-order valence-electron chi connectivity index (χ0n) is 33.2. The van der Waals surface area contributed by atoms with Crippen molar-refractivity contribution < 1.29 is 38.9 Å². The van der Waals surface area contributed by atoms with Crippen LogP contribution in [0, 0.1) is 18.8 Å². The molecule has 13 nitrogen and oxygen atoms in total. The molecule has 0 aliphatic carbocycles. The third-order valence-electron chi connectivity index (χ3n) is 9.17. The van der Waals surface area contributed by atoms with E-state index in [4.69, 9.17) is 14.6 Å². The van der Waals surface area contributed by atoms with Gasteiger partial charge in [0.1, 0.15) is 6.04 Å². The number of hydrogen-bond acceptors (Lipinski definition) is 9. The number of likely N-dealkylation sites (tertiary alicyclic amines) is 1. The number of benzene rings is 1. The Hall–Kier alpha value is -3.10. The first-order chi connectivity index (χ1) is 24.2. The van der Waals surface area contributed by atoms with Gasteiger partial charge >= 0.3 is 0 Å². The standard InChI is InChI=1S/C28H53N5O8.C7H8.C3H8/c1-9-18(2)25(32(6)24(37)16-30-28(39)21(17-35)31(4)5)22(40-7)15-23(36)33-13-10-11-20(33)26(41-8)19(3)27(38)29-12-14-34;1-7-5-3-2-4-6-7;1-3-2/h18-22,25-26,34-35H,9-17H2,1-8H3,(H,29,38)(H,30,39);2-6H,1H3;3H2,1-2H3. The third kappa shape index (κ3) is 16.4. The number of nitrogens with zero attached hydrogens (tertiary/aromatic N) is 3. The van der Waals surface area contributed by atoms with Crippen molar-refractivity contribution in [3.8, 4) is 0 Å². The number of hydrogen-bond donors (Lipinski definition) is 4. The molecule has 2 rings (SSSR count). The van der Waals surface area contributed by atoms with Crippen LogP contribution in [0.3, 0.4) is 0 Å². The molecule has 7 atom stereocenters. The van der Waals surface area contributed by atoms with Gasteiger partial charge in [0.05, 0.1) is 56.4 Å². The summed E-state index contributed by atoms with van der Waals surface area (Å²) in [7, 11) is 8.02. The summed E-state index contributed by atoms with van der Waals surface area (Å²) in [6, 6.07) is 8.75. The molecule has 4 amide bonds. The summed E-state index contributed by atoms with van der Waals surface area (Å²) in [6.45, 7) is 11.9. The van der Waals surface area contributed by atoms with Crippen LogP contribution in [0.15, 0.2) is 30.3 Å². The van der Waals surface area contributed by atoms with Crippen molar-refractivity contribution >= 4 is 23.6 Å². The van der Waals surface area contributed by atoms with E-state index in [1.54, 1.807) is 37.9 Å². The maximum atomic E-state index is 13.7. The van der Waals surface area contributed by atoms with Gasteiger partial charge in [0.15, 0.2) is 0 Å². The summed E-state index contributed by atoms with van der Waals surface area (Å²) in [5.41, 5.74) is 1.32. The average Bonchev–Trinajstić information content (AvgIpc) is 3.60. The smallest absolute Gasteiger partial charge is 0.242 e. The van der Waals surface area contributed by atoms with Crippen LogP contribution < -0.4 is 10.6 Å². The maximum absolute atomic E-state index is 13.7. The van der Waals surface area contributed by atoms with E-state index in [0.29, 0.717) is 13.0 Å². The van der Waals surface area contributed by atoms with Gasteiger partial charge in [0, 0.05) is 34.4 Å². The van der Waals surface area contributed by atoms with Gasteiger partial charge in [0.25, 0.3) is 0 Å². The molecule has 7 unspecified atom stereocenters. The van der Waals surface area contributed by atoms with Gasteiger partial charge in [-0.3, -0.25) is 24.1 Å². The predicted molar refractivity (Wildman–Crippen MR) is 201 cm³/mol.